The van der Waals surface area contributed by atoms with Gasteiger partial charge >= 0.3 is 0 Å². The monoisotopic (exact) mass is 282 g/mol. The van der Waals surface area contributed by atoms with Gasteiger partial charge in [-0.15, -0.1) is 0 Å². The number of alkyl halides is 2. The summed E-state index contributed by atoms with van der Waals surface area (Å²) in [4.78, 5) is 0. The summed E-state index contributed by atoms with van der Waals surface area (Å²) >= 11 is 5.70. The van der Waals surface area contributed by atoms with Crippen molar-refractivity contribution >= 4 is 11.6 Å². The maximum Gasteiger partial charge on any atom is 0.277 e. The van der Waals surface area contributed by atoms with Crippen LogP contribution in [0.15, 0.2) is 48.5 Å². The predicted octanol–water partition coefficient (Wildman–Crippen LogP) is 4.68. The van der Waals surface area contributed by atoms with Crippen molar-refractivity contribution in [3.05, 3.63) is 64.7 Å². The van der Waals surface area contributed by atoms with Gasteiger partial charge in [-0.1, -0.05) is 35.9 Å². The van der Waals surface area contributed by atoms with Gasteiger partial charge in [-0.2, -0.15) is 0 Å². The highest BCUT2D eigenvalue weighted by molar-refractivity contribution is 6.30. The quantitative estimate of drug-likeness (QED) is 0.791. The van der Waals surface area contributed by atoms with E-state index in [9.17, 15) is 8.78 Å². The number of hydrogen-bond donors (Lipinski definition) is 0. The summed E-state index contributed by atoms with van der Waals surface area (Å²) in [6.07, 6.45) is -0.349. The standard InChI is InChI=1S/C15H13ClF2O/c1-19-14-8-2-11(3-9-14)10-15(17,18)12-4-6-13(16)7-5-12/h2-9H,10H2,1H3. The molecule has 0 bridgehead atoms. The topological polar surface area (TPSA) is 9.23 Å². The number of halogens is 3. The molecular weight excluding hydrogens is 270 g/mol. The van der Waals surface area contributed by atoms with Gasteiger partial charge in [0.15, 0.2) is 0 Å². The van der Waals surface area contributed by atoms with Crippen LogP contribution in [0.2, 0.25) is 5.02 Å². The molecule has 0 heterocycles. The van der Waals surface area contributed by atoms with Crippen molar-refractivity contribution in [2.24, 2.45) is 0 Å². The molecule has 100 valence electrons. The zero-order valence-corrected chi connectivity index (χ0v) is 11.1. The summed E-state index contributed by atoms with van der Waals surface area (Å²) in [5, 5.41) is 0.448. The van der Waals surface area contributed by atoms with Gasteiger partial charge < -0.3 is 4.74 Å². The summed E-state index contributed by atoms with van der Waals surface area (Å²) in [5.41, 5.74) is 0.522. The van der Waals surface area contributed by atoms with Crippen LogP contribution in [0.25, 0.3) is 0 Å². The summed E-state index contributed by atoms with van der Waals surface area (Å²) in [5.74, 6) is -2.27. The molecule has 0 aromatic heterocycles. The molecule has 0 unspecified atom stereocenters. The van der Waals surface area contributed by atoms with Gasteiger partial charge in [-0.05, 0) is 29.8 Å². The van der Waals surface area contributed by atoms with E-state index >= 15 is 0 Å². The Morgan fingerprint density at radius 2 is 1.58 bits per heavy atom. The maximum absolute atomic E-state index is 14.1. The Morgan fingerprint density at radius 1 is 1.00 bits per heavy atom. The fourth-order valence-corrected chi connectivity index (χ4v) is 1.92. The normalized spacial score (nSPS) is 11.4. The van der Waals surface area contributed by atoms with Crippen molar-refractivity contribution in [3.63, 3.8) is 0 Å². The Labute approximate surface area is 115 Å². The summed E-state index contributed by atoms with van der Waals surface area (Å²) < 4.78 is 33.2. The van der Waals surface area contributed by atoms with E-state index in [1.54, 1.807) is 24.3 Å². The van der Waals surface area contributed by atoms with Gasteiger partial charge in [0.1, 0.15) is 5.75 Å². The van der Waals surface area contributed by atoms with Gasteiger partial charge in [-0.3, -0.25) is 0 Å². The average Bonchev–Trinajstić information content (AvgIpc) is 2.40. The minimum absolute atomic E-state index is 0.0345. The van der Waals surface area contributed by atoms with Gasteiger partial charge in [0.2, 0.25) is 0 Å². The smallest absolute Gasteiger partial charge is 0.277 e. The molecule has 0 aliphatic rings. The molecule has 2 aromatic rings. The Balaban J connectivity index is 2.17. The number of rotatable bonds is 4. The van der Waals surface area contributed by atoms with Crippen LogP contribution >= 0.6 is 11.6 Å². The van der Waals surface area contributed by atoms with Crippen molar-refractivity contribution in [2.45, 2.75) is 12.3 Å². The fraction of sp³-hybridized carbons (Fsp3) is 0.200. The van der Waals surface area contributed by atoms with Crippen LogP contribution in [0, 0.1) is 0 Å². The molecule has 1 nitrogen and oxygen atoms in total. The van der Waals surface area contributed by atoms with Crippen LogP contribution in [0.4, 0.5) is 8.78 Å². The second kappa shape index (κ2) is 5.57. The molecule has 0 amide bonds. The molecule has 0 atom stereocenters. The van der Waals surface area contributed by atoms with Gasteiger partial charge in [0.05, 0.1) is 7.11 Å². The van der Waals surface area contributed by atoms with Crippen molar-refractivity contribution in [3.8, 4) is 5.75 Å². The lowest BCUT2D eigenvalue weighted by Crippen LogP contribution is -2.16. The summed E-state index contributed by atoms with van der Waals surface area (Å²) in [6.45, 7) is 0. The van der Waals surface area contributed by atoms with E-state index in [4.69, 9.17) is 16.3 Å². The highest BCUT2D eigenvalue weighted by Gasteiger charge is 2.31. The zero-order valence-electron chi connectivity index (χ0n) is 10.4. The lowest BCUT2D eigenvalue weighted by Gasteiger charge is -2.17. The van der Waals surface area contributed by atoms with Gasteiger partial charge in [-0.25, -0.2) is 8.78 Å². The van der Waals surface area contributed by atoms with E-state index in [-0.39, 0.29) is 12.0 Å². The molecule has 2 rings (SSSR count). The highest BCUT2D eigenvalue weighted by atomic mass is 35.5. The molecule has 0 spiro atoms. The van der Waals surface area contributed by atoms with Crippen LogP contribution in [0.3, 0.4) is 0 Å². The summed E-state index contributed by atoms with van der Waals surface area (Å²) in [6, 6.07) is 12.3. The van der Waals surface area contributed by atoms with Crippen molar-refractivity contribution in [2.75, 3.05) is 7.11 Å². The maximum atomic E-state index is 14.1. The van der Waals surface area contributed by atoms with Crippen LogP contribution < -0.4 is 4.74 Å². The van der Waals surface area contributed by atoms with E-state index in [0.717, 1.165) is 0 Å². The zero-order chi connectivity index (χ0) is 13.9. The number of ether oxygens (including phenoxy) is 1. The lowest BCUT2D eigenvalue weighted by atomic mass is 10.0. The van der Waals surface area contributed by atoms with Crippen LogP contribution in [-0.2, 0) is 12.3 Å². The first kappa shape index (κ1) is 13.8. The molecule has 2 aromatic carbocycles. The third kappa shape index (κ3) is 3.44. The molecule has 0 saturated heterocycles. The average molecular weight is 283 g/mol. The van der Waals surface area contributed by atoms with E-state index in [2.05, 4.69) is 0 Å². The predicted molar refractivity (Wildman–Crippen MR) is 72.0 cm³/mol. The van der Waals surface area contributed by atoms with Crippen LogP contribution in [0.1, 0.15) is 11.1 Å². The lowest BCUT2D eigenvalue weighted by molar-refractivity contribution is -0.00382. The van der Waals surface area contributed by atoms with Crippen molar-refractivity contribution in [1.29, 1.82) is 0 Å². The fourth-order valence-electron chi connectivity index (χ4n) is 1.80. The molecule has 0 saturated carbocycles. The molecule has 0 aliphatic carbocycles. The molecule has 0 N–H and O–H groups in total. The first-order valence-electron chi connectivity index (χ1n) is 5.78. The first-order chi connectivity index (χ1) is 9.01. The SMILES string of the molecule is COc1ccc(CC(F)(F)c2ccc(Cl)cc2)cc1. The van der Waals surface area contributed by atoms with Crippen LogP contribution in [-0.4, -0.2) is 7.11 Å². The third-order valence-corrected chi connectivity index (χ3v) is 3.10. The Bertz CT molecular complexity index is 535. The number of methoxy groups -OCH3 is 1. The van der Waals surface area contributed by atoms with Crippen LogP contribution in [0.5, 0.6) is 5.75 Å². The van der Waals surface area contributed by atoms with E-state index < -0.39 is 5.92 Å². The first-order valence-corrected chi connectivity index (χ1v) is 6.16. The highest BCUT2D eigenvalue weighted by Crippen LogP contribution is 2.32. The Morgan fingerprint density at radius 3 is 2.11 bits per heavy atom. The largest absolute Gasteiger partial charge is 0.497 e. The summed E-state index contributed by atoms with van der Waals surface area (Å²) in [7, 11) is 1.54. The Kier molecular flexibility index (Phi) is 4.05. The number of benzene rings is 2. The minimum Gasteiger partial charge on any atom is -0.497 e. The molecule has 19 heavy (non-hydrogen) atoms. The van der Waals surface area contributed by atoms with E-state index in [1.807, 2.05) is 0 Å². The van der Waals surface area contributed by atoms with E-state index in [0.29, 0.717) is 16.3 Å². The number of hydrogen-bond acceptors (Lipinski definition) is 1. The van der Waals surface area contributed by atoms with Crippen molar-refractivity contribution < 1.29 is 13.5 Å². The third-order valence-electron chi connectivity index (χ3n) is 2.85. The molecule has 0 aliphatic heterocycles. The molecule has 0 fully saturated rings. The van der Waals surface area contributed by atoms with Crippen molar-refractivity contribution in [1.82, 2.24) is 0 Å². The van der Waals surface area contributed by atoms with Gasteiger partial charge in [0.25, 0.3) is 5.92 Å². The molecular formula is C15H13ClF2O. The minimum atomic E-state index is -2.92. The van der Waals surface area contributed by atoms with E-state index in [1.165, 1.54) is 31.4 Å². The molecule has 0 radical (unpaired) electrons. The Hall–Kier alpha value is -1.61. The molecule has 4 heteroatoms. The van der Waals surface area contributed by atoms with Gasteiger partial charge in [0, 0.05) is 17.0 Å². The second-order valence-corrected chi connectivity index (χ2v) is 4.67. The second-order valence-electron chi connectivity index (χ2n) is 4.24.